The molecular formula is C15H17N3O. The summed E-state index contributed by atoms with van der Waals surface area (Å²) in [5.41, 5.74) is 4.71. The number of hydrogen-bond donors (Lipinski definition) is 1. The predicted octanol–water partition coefficient (Wildman–Crippen LogP) is 2.68. The van der Waals surface area contributed by atoms with Gasteiger partial charge in [0.15, 0.2) is 0 Å². The predicted molar refractivity (Wildman–Crippen MR) is 75.6 cm³/mol. The Morgan fingerprint density at radius 1 is 1.16 bits per heavy atom. The Morgan fingerprint density at radius 2 is 2.00 bits per heavy atom. The van der Waals surface area contributed by atoms with Gasteiger partial charge in [-0.2, -0.15) is 0 Å². The second-order valence-electron chi connectivity index (χ2n) is 4.66. The molecule has 0 saturated carbocycles. The molecule has 0 spiro atoms. The third-order valence-electron chi connectivity index (χ3n) is 3.47. The van der Waals surface area contributed by atoms with Crippen molar-refractivity contribution in [3.8, 4) is 17.0 Å². The Hall–Kier alpha value is -2.10. The maximum atomic E-state index is 5.30. The van der Waals surface area contributed by atoms with Crippen molar-refractivity contribution < 1.29 is 4.74 Å². The van der Waals surface area contributed by atoms with Gasteiger partial charge < -0.3 is 10.1 Å². The Labute approximate surface area is 112 Å². The van der Waals surface area contributed by atoms with Crippen molar-refractivity contribution in [2.45, 2.75) is 19.8 Å². The molecule has 19 heavy (non-hydrogen) atoms. The van der Waals surface area contributed by atoms with E-state index in [2.05, 4.69) is 40.6 Å². The first-order valence-electron chi connectivity index (χ1n) is 6.59. The Balaban J connectivity index is 2.07. The molecule has 4 nitrogen and oxygen atoms in total. The number of anilines is 1. The molecule has 0 unspecified atom stereocenters. The lowest BCUT2D eigenvalue weighted by Gasteiger charge is -2.19. The lowest BCUT2D eigenvalue weighted by Crippen LogP contribution is -2.09. The van der Waals surface area contributed by atoms with Crippen LogP contribution in [0.25, 0.3) is 11.3 Å². The van der Waals surface area contributed by atoms with E-state index < -0.39 is 0 Å². The first-order chi connectivity index (χ1) is 9.31. The summed E-state index contributed by atoms with van der Waals surface area (Å²) in [4.78, 5) is 0. The van der Waals surface area contributed by atoms with Crippen LogP contribution >= 0.6 is 0 Å². The number of fused-ring (bicyclic) bond motifs is 3. The number of rotatable bonds is 3. The minimum Gasteiger partial charge on any atom is -0.497 e. The second kappa shape index (κ2) is 4.88. The van der Waals surface area contributed by atoms with E-state index in [4.69, 9.17) is 4.74 Å². The van der Waals surface area contributed by atoms with E-state index in [0.717, 1.165) is 42.2 Å². The summed E-state index contributed by atoms with van der Waals surface area (Å²) in [5.74, 6) is 1.72. The minimum absolute atomic E-state index is 0.854. The molecule has 1 N–H and O–H groups in total. The highest BCUT2D eigenvalue weighted by molar-refractivity contribution is 5.71. The number of aromatic nitrogens is 2. The van der Waals surface area contributed by atoms with Crippen molar-refractivity contribution in [3.63, 3.8) is 0 Å². The number of ether oxygens (including phenoxy) is 1. The van der Waals surface area contributed by atoms with Crippen molar-refractivity contribution in [3.05, 3.63) is 35.4 Å². The molecule has 0 saturated heterocycles. The normalized spacial score (nSPS) is 12.5. The first-order valence-corrected chi connectivity index (χ1v) is 6.59. The molecule has 0 radical (unpaired) electrons. The van der Waals surface area contributed by atoms with Crippen LogP contribution in [0.15, 0.2) is 24.3 Å². The standard InChI is InChI=1S/C15H17N3O/c1-3-16-14-8-11-5-4-10-6-7-12(19-2)9-13(10)15(11)18-17-14/h6-9H,3-5H2,1-2H3,(H,16,17). The fourth-order valence-electron chi connectivity index (χ4n) is 2.51. The molecule has 1 aliphatic rings. The Kier molecular flexibility index (Phi) is 3.07. The lowest BCUT2D eigenvalue weighted by molar-refractivity contribution is 0.415. The van der Waals surface area contributed by atoms with Gasteiger partial charge in [-0.3, -0.25) is 0 Å². The maximum absolute atomic E-state index is 5.30. The van der Waals surface area contributed by atoms with Crippen LogP contribution in [0, 0.1) is 0 Å². The average Bonchev–Trinajstić information content (AvgIpc) is 2.46. The van der Waals surface area contributed by atoms with Crippen LogP contribution in [-0.2, 0) is 12.8 Å². The van der Waals surface area contributed by atoms with Gasteiger partial charge in [0.25, 0.3) is 0 Å². The van der Waals surface area contributed by atoms with Gasteiger partial charge in [-0.05, 0) is 49.1 Å². The summed E-state index contributed by atoms with van der Waals surface area (Å²) in [7, 11) is 1.69. The third-order valence-corrected chi connectivity index (χ3v) is 3.47. The van der Waals surface area contributed by atoms with Crippen LogP contribution in [0.2, 0.25) is 0 Å². The Bertz CT molecular complexity index is 610. The van der Waals surface area contributed by atoms with Gasteiger partial charge in [0.05, 0.1) is 12.8 Å². The highest BCUT2D eigenvalue weighted by Crippen LogP contribution is 2.34. The van der Waals surface area contributed by atoms with Gasteiger partial charge in [0.1, 0.15) is 11.6 Å². The Morgan fingerprint density at radius 3 is 2.79 bits per heavy atom. The number of methoxy groups -OCH3 is 1. The summed E-state index contributed by atoms with van der Waals surface area (Å²) >= 11 is 0. The molecular weight excluding hydrogens is 238 g/mol. The zero-order valence-electron chi connectivity index (χ0n) is 11.2. The maximum Gasteiger partial charge on any atom is 0.148 e. The van der Waals surface area contributed by atoms with E-state index in [0.29, 0.717) is 0 Å². The van der Waals surface area contributed by atoms with Crippen LogP contribution in [0.5, 0.6) is 5.75 Å². The van der Waals surface area contributed by atoms with Crippen LogP contribution in [-0.4, -0.2) is 23.9 Å². The van der Waals surface area contributed by atoms with Crippen molar-refractivity contribution >= 4 is 5.82 Å². The first kappa shape index (κ1) is 12.0. The van der Waals surface area contributed by atoms with Crippen LogP contribution in [0.1, 0.15) is 18.1 Å². The van der Waals surface area contributed by atoms with Crippen molar-refractivity contribution in [2.75, 3.05) is 19.0 Å². The summed E-state index contributed by atoms with van der Waals surface area (Å²) < 4.78 is 5.30. The van der Waals surface area contributed by atoms with Crippen LogP contribution < -0.4 is 10.1 Å². The molecule has 0 aliphatic heterocycles. The highest BCUT2D eigenvalue weighted by atomic mass is 16.5. The number of nitrogens with one attached hydrogen (secondary N) is 1. The number of benzene rings is 1. The second-order valence-corrected chi connectivity index (χ2v) is 4.66. The van der Waals surface area contributed by atoms with E-state index in [1.165, 1.54) is 11.1 Å². The van der Waals surface area contributed by atoms with E-state index in [-0.39, 0.29) is 0 Å². The topological polar surface area (TPSA) is 47.0 Å². The van der Waals surface area contributed by atoms with Crippen molar-refractivity contribution in [2.24, 2.45) is 0 Å². The molecule has 98 valence electrons. The van der Waals surface area contributed by atoms with E-state index >= 15 is 0 Å². The molecule has 0 amide bonds. The number of nitrogens with zero attached hydrogens (tertiary/aromatic N) is 2. The van der Waals surface area contributed by atoms with Crippen LogP contribution in [0.3, 0.4) is 0 Å². The lowest BCUT2D eigenvalue weighted by atomic mass is 9.89. The summed E-state index contributed by atoms with van der Waals surface area (Å²) in [5, 5.41) is 11.8. The summed E-state index contributed by atoms with van der Waals surface area (Å²) in [6.45, 7) is 2.92. The van der Waals surface area contributed by atoms with Crippen molar-refractivity contribution in [1.82, 2.24) is 10.2 Å². The number of hydrogen-bond acceptors (Lipinski definition) is 4. The molecule has 0 fully saturated rings. The van der Waals surface area contributed by atoms with Gasteiger partial charge in [0, 0.05) is 12.1 Å². The highest BCUT2D eigenvalue weighted by Gasteiger charge is 2.19. The molecule has 1 heterocycles. The van der Waals surface area contributed by atoms with Crippen LogP contribution in [0.4, 0.5) is 5.82 Å². The summed E-state index contributed by atoms with van der Waals surface area (Å²) in [6.07, 6.45) is 2.06. The van der Waals surface area contributed by atoms with Gasteiger partial charge in [-0.15, -0.1) is 10.2 Å². The third kappa shape index (κ3) is 2.14. The van der Waals surface area contributed by atoms with E-state index in [1.807, 2.05) is 6.07 Å². The summed E-state index contributed by atoms with van der Waals surface area (Å²) in [6, 6.07) is 8.28. The fraction of sp³-hybridized carbons (Fsp3) is 0.333. The fourth-order valence-corrected chi connectivity index (χ4v) is 2.51. The minimum atomic E-state index is 0.854. The molecule has 1 aromatic carbocycles. The molecule has 0 bridgehead atoms. The molecule has 0 atom stereocenters. The molecule has 1 aliphatic carbocycles. The largest absolute Gasteiger partial charge is 0.497 e. The van der Waals surface area contributed by atoms with E-state index in [1.54, 1.807) is 7.11 Å². The molecule has 2 aromatic rings. The van der Waals surface area contributed by atoms with Gasteiger partial charge in [-0.25, -0.2) is 0 Å². The van der Waals surface area contributed by atoms with E-state index in [9.17, 15) is 0 Å². The molecule has 3 rings (SSSR count). The number of aryl methyl sites for hydroxylation is 2. The smallest absolute Gasteiger partial charge is 0.148 e. The zero-order valence-corrected chi connectivity index (χ0v) is 11.2. The van der Waals surface area contributed by atoms with Gasteiger partial charge in [-0.1, -0.05) is 6.07 Å². The molecule has 1 aromatic heterocycles. The monoisotopic (exact) mass is 255 g/mol. The van der Waals surface area contributed by atoms with Gasteiger partial charge >= 0.3 is 0 Å². The average molecular weight is 255 g/mol. The molecule has 4 heteroatoms. The quantitative estimate of drug-likeness (QED) is 0.916. The zero-order chi connectivity index (χ0) is 13.2. The SMILES string of the molecule is CCNc1cc2c(nn1)-c1cc(OC)ccc1CC2. The van der Waals surface area contributed by atoms with Gasteiger partial charge in [0.2, 0.25) is 0 Å². The van der Waals surface area contributed by atoms with Crippen molar-refractivity contribution in [1.29, 1.82) is 0 Å².